The Balaban J connectivity index is 1.41. The second-order valence-electron chi connectivity index (χ2n) is 9.61. The van der Waals surface area contributed by atoms with Crippen LogP contribution in [0.3, 0.4) is 0 Å². The van der Waals surface area contributed by atoms with Gasteiger partial charge in [0.2, 0.25) is 5.95 Å². The SMILES string of the molecule is CCCN(c1ccc2[nH]cc(Cl)c2c1)c1nc(Nc2ccc(N3C[C@@H](C)N[C@@H](C)C3)cc2)ncc1C#N. The largest absolute Gasteiger partial charge is 0.368 e. The fraction of sp³-hybridized carbons (Fsp3) is 0.321. The molecule has 0 radical (unpaired) electrons. The van der Waals surface area contributed by atoms with Crippen LogP contribution in [0.4, 0.5) is 28.8 Å². The molecule has 3 N–H and O–H groups in total. The van der Waals surface area contributed by atoms with Gasteiger partial charge in [0, 0.05) is 65.9 Å². The summed E-state index contributed by atoms with van der Waals surface area (Å²) in [5, 5.41) is 18.3. The van der Waals surface area contributed by atoms with Crippen molar-refractivity contribution >= 4 is 51.3 Å². The molecule has 1 fully saturated rings. The summed E-state index contributed by atoms with van der Waals surface area (Å²) >= 11 is 6.38. The predicted octanol–water partition coefficient (Wildman–Crippen LogP) is 5.96. The summed E-state index contributed by atoms with van der Waals surface area (Å²) in [5.74, 6) is 1.00. The molecule has 0 spiro atoms. The van der Waals surface area contributed by atoms with Crippen molar-refractivity contribution in [1.29, 1.82) is 5.26 Å². The van der Waals surface area contributed by atoms with Crippen LogP contribution in [0.5, 0.6) is 0 Å². The molecular weight excluding hydrogens is 484 g/mol. The van der Waals surface area contributed by atoms with Crippen LogP contribution in [0.15, 0.2) is 54.9 Å². The molecule has 1 saturated heterocycles. The van der Waals surface area contributed by atoms with Crippen molar-refractivity contribution in [3.63, 3.8) is 0 Å². The number of nitrogens with one attached hydrogen (secondary N) is 3. The number of nitrogens with zero attached hydrogens (tertiary/aromatic N) is 5. The number of rotatable bonds is 7. The molecule has 0 aliphatic carbocycles. The zero-order chi connectivity index (χ0) is 25.9. The average Bonchev–Trinajstić information content (AvgIpc) is 3.27. The zero-order valence-electron chi connectivity index (χ0n) is 21.3. The second kappa shape index (κ2) is 10.7. The molecule has 0 bridgehead atoms. The van der Waals surface area contributed by atoms with Crippen LogP contribution in [0, 0.1) is 11.3 Å². The number of aromatic amines is 1. The van der Waals surface area contributed by atoms with E-state index in [4.69, 9.17) is 16.6 Å². The average molecular weight is 515 g/mol. The molecule has 9 heteroatoms. The number of piperazine rings is 1. The van der Waals surface area contributed by atoms with E-state index in [9.17, 15) is 5.26 Å². The summed E-state index contributed by atoms with van der Waals surface area (Å²) < 4.78 is 0. The third kappa shape index (κ3) is 5.33. The number of hydrogen-bond acceptors (Lipinski definition) is 7. The molecule has 2 aromatic heterocycles. The molecule has 4 aromatic rings. The van der Waals surface area contributed by atoms with E-state index in [1.165, 1.54) is 5.69 Å². The molecule has 2 aromatic carbocycles. The van der Waals surface area contributed by atoms with E-state index in [1.807, 2.05) is 35.2 Å². The molecule has 0 amide bonds. The Morgan fingerprint density at radius 3 is 2.62 bits per heavy atom. The fourth-order valence-corrected chi connectivity index (χ4v) is 5.17. The lowest BCUT2D eigenvalue weighted by Crippen LogP contribution is -2.54. The van der Waals surface area contributed by atoms with Crippen LogP contribution in [0.1, 0.15) is 32.8 Å². The van der Waals surface area contributed by atoms with Crippen molar-refractivity contribution in [1.82, 2.24) is 20.3 Å². The van der Waals surface area contributed by atoms with Crippen LogP contribution in [-0.2, 0) is 0 Å². The van der Waals surface area contributed by atoms with Crippen LogP contribution in [0.25, 0.3) is 10.9 Å². The van der Waals surface area contributed by atoms with Gasteiger partial charge in [-0.2, -0.15) is 10.2 Å². The number of fused-ring (bicyclic) bond motifs is 1. The summed E-state index contributed by atoms with van der Waals surface area (Å²) in [6.45, 7) is 9.17. The first-order chi connectivity index (χ1) is 17.9. The highest BCUT2D eigenvalue weighted by Gasteiger charge is 2.21. The molecule has 0 unspecified atom stereocenters. The van der Waals surface area contributed by atoms with E-state index in [-0.39, 0.29) is 0 Å². The molecule has 3 heterocycles. The van der Waals surface area contributed by atoms with E-state index >= 15 is 0 Å². The lowest BCUT2D eigenvalue weighted by atomic mass is 10.1. The zero-order valence-corrected chi connectivity index (χ0v) is 22.0. The van der Waals surface area contributed by atoms with E-state index < -0.39 is 0 Å². The van der Waals surface area contributed by atoms with E-state index in [0.717, 1.165) is 41.8 Å². The number of anilines is 5. The monoisotopic (exact) mass is 514 g/mol. The molecule has 5 rings (SSSR count). The quantitative estimate of drug-likeness (QED) is 0.280. The van der Waals surface area contributed by atoms with E-state index in [0.29, 0.717) is 41.0 Å². The Kier molecular flexibility index (Phi) is 7.17. The molecular formula is C28H31ClN8. The van der Waals surface area contributed by atoms with Gasteiger partial charge < -0.3 is 25.4 Å². The van der Waals surface area contributed by atoms with Gasteiger partial charge in [0.15, 0.2) is 5.82 Å². The third-order valence-electron chi connectivity index (χ3n) is 6.56. The summed E-state index contributed by atoms with van der Waals surface area (Å²) in [4.78, 5) is 16.8. The minimum atomic E-state index is 0.413. The summed E-state index contributed by atoms with van der Waals surface area (Å²) in [6.07, 6.45) is 4.23. The first-order valence-corrected chi connectivity index (χ1v) is 13.0. The normalized spacial score (nSPS) is 17.5. The van der Waals surface area contributed by atoms with Gasteiger partial charge in [0.1, 0.15) is 11.6 Å². The number of aromatic nitrogens is 3. The maximum absolute atomic E-state index is 9.83. The highest BCUT2D eigenvalue weighted by molar-refractivity contribution is 6.35. The molecule has 8 nitrogen and oxygen atoms in total. The Morgan fingerprint density at radius 1 is 1.16 bits per heavy atom. The number of benzene rings is 2. The molecule has 37 heavy (non-hydrogen) atoms. The lowest BCUT2D eigenvalue weighted by molar-refractivity contribution is 0.407. The Labute approximate surface area is 222 Å². The first kappa shape index (κ1) is 24.9. The number of H-pyrrole nitrogens is 1. The van der Waals surface area contributed by atoms with Gasteiger partial charge in [0.05, 0.1) is 11.2 Å². The van der Waals surface area contributed by atoms with Crippen molar-refractivity contribution in [2.75, 3.05) is 34.8 Å². The van der Waals surface area contributed by atoms with Crippen molar-refractivity contribution in [2.45, 2.75) is 39.3 Å². The summed E-state index contributed by atoms with van der Waals surface area (Å²) in [5.41, 5.74) is 4.37. The summed E-state index contributed by atoms with van der Waals surface area (Å²) in [6, 6.07) is 17.5. The Hall–Kier alpha value is -3.80. The summed E-state index contributed by atoms with van der Waals surface area (Å²) in [7, 11) is 0. The van der Waals surface area contributed by atoms with Gasteiger partial charge in [0.25, 0.3) is 0 Å². The van der Waals surface area contributed by atoms with Crippen molar-refractivity contribution in [2.24, 2.45) is 0 Å². The molecule has 1 aliphatic rings. The molecule has 1 aliphatic heterocycles. The van der Waals surface area contributed by atoms with Crippen molar-refractivity contribution in [3.05, 3.63) is 65.4 Å². The van der Waals surface area contributed by atoms with Gasteiger partial charge in [-0.1, -0.05) is 18.5 Å². The van der Waals surface area contributed by atoms with Crippen LogP contribution >= 0.6 is 11.6 Å². The number of nitriles is 1. The maximum atomic E-state index is 9.83. The van der Waals surface area contributed by atoms with Gasteiger partial charge in [-0.15, -0.1) is 0 Å². The topological polar surface area (TPSA) is 95.9 Å². The number of hydrogen-bond donors (Lipinski definition) is 3. The van der Waals surface area contributed by atoms with Gasteiger partial charge in [-0.3, -0.25) is 0 Å². The van der Waals surface area contributed by atoms with Crippen LogP contribution in [-0.4, -0.2) is 46.7 Å². The van der Waals surface area contributed by atoms with E-state index in [1.54, 1.807) is 12.4 Å². The molecule has 2 atom stereocenters. The fourth-order valence-electron chi connectivity index (χ4n) is 4.96. The molecule has 190 valence electrons. The highest BCUT2D eigenvalue weighted by atomic mass is 35.5. The van der Waals surface area contributed by atoms with Gasteiger partial charge in [-0.05, 0) is 62.7 Å². The maximum Gasteiger partial charge on any atom is 0.229 e. The van der Waals surface area contributed by atoms with Gasteiger partial charge in [-0.25, -0.2) is 4.98 Å². The van der Waals surface area contributed by atoms with Crippen molar-refractivity contribution in [3.8, 4) is 6.07 Å². The third-order valence-corrected chi connectivity index (χ3v) is 6.88. The highest BCUT2D eigenvalue weighted by Crippen LogP contribution is 2.33. The minimum absolute atomic E-state index is 0.413. The lowest BCUT2D eigenvalue weighted by Gasteiger charge is -2.37. The Morgan fingerprint density at radius 2 is 1.92 bits per heavy atom. The second-order valence-corrected chi connectivity index (χ2v) is 10.0. The van der Waals surface area contributed by atoms with Gasteiger partial charge >= 0.3 is 0 Å². The van der Waals surface area contributed by atoms with E-state index in [2.05, 4.69) is 64.5 Å². The Bertz CT molecular complexity index is 1410. The number of halogens is 1. The molecule has 0 saturated carbocycles. The van der Waals surface area contributed by atoms with Crippen molar-refractivity contribution < 1.29 is 0 Å². The van der Waals surface area contributed by atoms with Crippen LogP contribution in [0.2, 0.25) is 5.02 Å². The smallest absolute Gasteiger partial charge is 0.229 e. The minimum Gasteiger partial charge on any atom is -0.368 e. The first-order valence-electron chi connectivity index (χ1n) is 12.6. The van der Waals surface area contributed by atoms with Crippen LogP contribution < -0.4 is 20.4 Å². The predicted molar refractivity (Wildman–Crippen MR) is 151 cm³/mol. The standard InChI is InChI=1S/C28H31ClN8/c1-4-11-37(23-9-10-26-24(12-23)25(29)15-31-26)27-20(13-30)14-32-28(35-27)34-21-5-7-22(8-6-21)36-16-18(2)33-19(3)17-36/h5-10,12,14-15,18-19,31,33H,4,11,16-17H2,1-3H3,(H,32,34,35)/t18-,19+.